The highest BCUT2D eigenvalue weighted by Gasteiger charge is 2.19. The van der Waals surface area contributed by atoms with Crippen molar-refractivity contribution >= 4 is 17.5 Å². The molecule has 0 atom stereocenters. The van der Waals surface area contributed by atoms with Gasteiger partial charge in [0.1, 0.15) is 5.75 Å². The zero-order chi connectivity index (χ0) is 14.3. The Kier molecular flexibility index (Phi) is 5.35. The monoisotopic (exact) mass is 260 g/mol. The zero-order valence-corrected chi connectivity index (χ0v) is 10.5. The number of aromatic hydroxyl groups is 1. The molecule has 5 heteroatoms. The summed E-state index contributed by atoms with van der Waals surface area (Å²) in [5.74, 6) is -1.31. The highest BCUT2D eigenvalue weighted by molar-refractivity contribution is 6.39. The van der Waals surface area contributed by atoms with Gasteiger partial charge in [0.15, 0.2) is 0 Å². The summed E-state index contributed by atoms with van der Waals surface area (Å²) in [7, 11) is 0. The van der Waals surface area contributed by atoms with Crippen LogP contribution < -0.4 is 5.32 Å². The summed E-state index contributed by atoms with van der Waals surface area (Å²) in [6.07, 6.45) is 3.07. The van der Waals surface area contributed by atoms with Crippen molar-refractivity contribution in [2.24, 2.45) is 0 Å². The molecule has 2 N–H and O–H groups in total. The molecule has 19 heavy (non-hydrogen) atoms. The molecule has 0 fully saturated rings. The molecule has 0 aliphatic heterocycles. The van der Waals surface area contributed by atoms with E-state index in [0.29, 0.717) is 5.69 Å². The molecule has 0 aliphatic carbocycles. The summed E-state index contributed by atoms with van der Waals surface area (Å²) in [6.45, 7) is 7.60. The smallest absolute Gasteiger partial charge is 0.313 e. The molecule has 5 nitrogen and oxygen atoms in total. The third kappa shape index (κ3) is 4.31. The molecular formula is C14H16N2O3. The Bertz CT molecular complexity index is 470. The second-order valence-electron chi connectivity index (χ2n) is 3.79. The number of phenols is 1. The van der Waals surface area contributed by atoms with E-state index in [1.807, 2.05) is 0 Å². The van der Waals surface area contributed by atoms with E-state index in [4.69, 9.17) is 5.11 Å². The van der Waals surface area contributed by atoms with Crippen LogP contribution in [0.1, 0.15) is 0 Å². The number of amides is 2. The lowest BCUT2D eigenvalue weighted by molar-refractivity contribution is -0.142. The molecule has 2 amide bonds. The molecule has 0 aliphatic rings. The molecule has 1 rings (SSSR count). The Hall–Kier alpha value is -2.56. The molecule has 0 spiro atoms. The SMILES string of the molecule is C=CCN(CC=C)C(=O)C(=O)Nc1ccc(O)cc1. The first-order chi connectivity index (χ1) is 9.08. The number of hydrogen-bond donors (Lipinski definition) is 2. The number of nitrogens with zero attached hydrogens (tertiary/aromatic N) is 1. The number of carbonyl (C=O) groups is 2. The van der Waals surface area contributed by atoms with Crippen molar-refractivity contribution < 1.29 is 14.7 Å². The van der Waals surface area contributed by atoms with Crippen molar-refractivity contribution in [2.45, 2.75) is 0 Å². The molecule has 0 saturated heterocycles. The van der Waals surface area contributed by atoms with Gasteiger partial charge >= 0.3 is 11.8 Å². The Balaban J connectivity index is 2.70. The van der Waals surface area contributed by atoms with Gasteiger partial charge in [-0.25, -0.2) is 0 Å². The van der Waals surface area contributed by atoms with E-state index in [1.165, 1.54) is 41.3 Å². The summed E-state index contributed by atoms with van der Waals surface area (Å²) in [5.41, 5.74) is 0.438. The molecule has 0 bridgehead atoms. The fraction of sp³-hybridized carbons (Fsp3) is 0.143. The van der Waals surface area contributed by atoms with Crippen LogP contribution in [0.4, 0.5) is 5.69 Å². The van der Waals surface area contributed by atoms with Gasteiger partial charge in [-0.2, -0.15) is 0 Å². The second kappa shape index (κ2) is 7.00. The number of rotatable bonds is 5. The molecular weight excluding hydrogens is 244 g/mol. The predicted octanol–water partition coefficient (Wildman–Crippen LogP) is 1.53. The Labute approximate surface area is 111 Å². The predicted molar refractivity (Wildman–Crippen MR) is 73.7 cm³/mol. The molecule has 0 saturated carbocycles. The van der Waals surface area contributed by atoms with Crippen LogP contribution in [0.5, 0.6) is 5.75 Å². The number of anilines is 1. The average molecular weight is 260 g/mol. The minimum absolute atomic E-state index is 0.0873. The molecule has 0 radical (unpaired) electrons. The zero-order valence-electron chi connectivity index (χ0n) is 10.5. The van der Waals surface area contributed by atoms with E-state index < -0.39 is 11.8 Å². The van der Waals surface area contributed by atoms with E-state index in [1.54, 1.807) is 0 Å². The highest BCUT2D eigenvalue weighted by Crippen LogP contribution is 2.13. The lowest BCUT2D eigenvalue weighted by Gasteiger charge is -2.18. The van der Waals surface area contributed by atoms with Crippen LogP contribution in [-0.2, 0) is 9.59 Å². The number of hydrogen-bond acceptors (Lipinski definition) is 3. The topological polar surface area (TPSA) is 69.6 Å². The van der Waals surface area contributed by atoms with Crippen molar-refractivity contribution in [3.05, 3.63) is 49.6 Å². The maximum Gasteiger partial charge on any atom is 0.313 e. The number of phenolic OH excluding ortho intramolecular Hbond substituents is 1. The van der Waals surface area contributed by atoms with Gasteiger partial charge in [0.2, 0.25) is 0 Å². The largest absolute Gasteiger partial charge is 0.508 e. The first-order valence-corrected chi connectivity index (χ1v) is 5.69. The number of carbonyl (C=O) groups excluding carboxylic acids is 2. The van der Waals surface area contributed by atoms with Crippen LogP contribution in [0.3, 0.4) is 0 Å². The summed E-state index contributed by atoms with van der Waals surface area (Å²) < 4.78 is 0. The molecule has 100 valence electrons. The van der Waals surface area contributed by atoms with Crippen LogP contribution in [0.2, 0.25) is 0 Å². The van der Waals surface area contributed by atoms with E-state index in [-0.39, 0.29) is 18.8 Å². The summed E-state index contributed by atoms with van der Waals surface area (Å²) in [4.78, 5) is 24.9. The lowest BCUT2D eigenvalue weighted by Crippen LogP contribution is -2.39. The second-order valence-corrected chi connectivity index (χ2v) is 3.79. The third-order valence-corrected chi connectivity index (χ3v) is 2.31. The van der Waals surface area contributed by atoms with Gasteiger partial charge in [0.05, 0.1) is 0 Å². The van der Waals surface area contributed by atoms with Gasteiger partial charge in [0.25, 0.3) is 0 Å². The first-order valence-electron chi connectivity index (χ1n) is 5.69. The standard InChI is InChI=1S/C14H16N2O3/c1-3-9-16(10-4-2)14(19)13(18)15-11-5-7-12(17)8-6-11/h3-8,17H,1-2,9-10H2,(H,15,18). The van der Waals surface area contributed by atoms with Crippen molar-refractivity contribution in [3.63, 3.8) is 0 Å². The van der Waals surface area contributed by atoms with Crippen LogP contribution in [0.25, 0.3) is 0 Å². The first kappa shape index (κ1) is 14.5. The van der Waals surface area contributed by atoms with Crippen LogP contribution in [-0.4, -0.2) is 34.9 Å². The minimum Gasteiger partial charge on any atom is -0.508 e. The third-order valence-electron chi connectivity index (χ3n) is 2.31. The average Bonchev–Trinajstić information content (AvgIpc) is 2.40. The van der Waals surface area contributed by atoms with Crippen molar-refractivity contribution in [1.82, 2.24) is 4.90 Å². The molecule has 1 aromatic rings. The molecule has 0 unspecified atom stereocenters. The van der Waals surface area contributed by atoms with Crippen molar-refractivity contribution in [2.75, 3.05) is 18.4 Å². The quantitative estimate of drug-likeness (QED) is 0.479. The number of benzene rings is 1. The molecule has 0 aromatic heterocycles. The van der Waals surface area contributed by atoms with Gasteiger partial charge in [-0.15, -0.1) is 13.2 Å². The summed E-state index contributed by atoms with van der Waals surface area (Å²) in [5, 5.41) is 11.6. The van der Waals surface area contributed by atoms with Gasteiger partial charge in [-0.05, 0) is 24.3 Å². The molecule has 1 aromatic carbocycles. The lowest BCUT2D eigenvalue weighted by atomic mass is 10.3. The number of nitrogens with one attached hydrogen (secondary N) is 1. The fourth-order valence-electron chi connectivity index (χ4n) is 1.42. The minimum atomic E-state index is -0.741. The maximum absolute atomic E-state index is 11.9. The normalized spacial score (nSPS) is 9.47. The van der Waals surface area contributed by atoms with Crippen LogP contribution in [0.15, 0.2) is 49.6 Å². The maximum atomic E-state index is 11.9. The van der Waals surface area contributed by atoms with Crippen molar-refractivity contribution in [1.29, 1.82) is 0 Å². The summed E-state index contributed by atoms with van der Waals surface area (Å²) in [6, 6.07) is 5.86. The summed E-state index contributed by atoms with van der Waals surface area (Å²) >= 11 is 0. The molecule has 0 heterocycles. The van der Waals surface area contributed by atoms with Gasteiger partial charge < -0.3 is 15.3 Å². The van der Waals surface area contributed by atoms with Crippen LogP contribution in [0, 0.1) is 0 Å². The fourth-order valence-corrected chi connectivity index (χ4v) is 1.42. The van der Waals surface area contributed by atoms with E-state index in [9.17, 15) is 9.59 Å². The van der Waals surface area contributed by atoms with E-state index in [0.717, 1.165) is 0 Å². The van der Waals surface area contributed by atoms with Crippen molar-refractivity contribution in [3.8, 4) is 5.75 Å². The van der Waals surface area contributed by atoms with Crippen LogP contribution >= 0.6 is 0 Å². The highest BCUT2D eigenvalue weighted by atomic mass is 16.3. The van der Waals surface area contributed by atoms with Gasteiger partial charge in [-0.1, -0.05) is 12.2 Å². The van der Waals surface area contributed by atoms with E-state index >= 15 is 0 Å². The Morgan fingerprint density at radius 3 is 2.16 bits per heavy atom. The van der Waals surface area contributed by atoms with Gasteiger partial charge in [-0.3, -0.25) is 9.59 Å². The Morgan fingerprint density at radius 2 is 1.68 bits per heavy atom. The Morgan fingerprint density at radius 1 is 1.16 bits per heavy atom. The van der Waals surface area contributed by atoms with E-state index in [2.05, 4.69) is 18.5 Å². The van der Waals surface area contributed by atoms with Gasteiger partial charge in [0, 0.05) is 18.8 Å².